The van der Waals surface area contributed by atoms with Gasteiger partial charge in [-0.25, -0.2) is 0 Å². The SMILES string of the molecule is CCCCCCCCCCCCCCCC/C=C/C(O)C(CO)NC(=O)CCCCCCCCCCCCCCCCCCCCCCCCCCCCCCCOC(=O)CCCCCCCCCCCCCCCCCCCC. The standard InChI is InChI=1S/C74H145NO5/c1-3-5-7-9-11-13-15-17-19-21-36-40-44-48-52-56-60-64-68-74(79)80-69-65-61-57-53-49-45-41-37-34-32-30-28-26-24-22-23-25-27-29-31-33-35-39-43-47-51-55-59-63-67-73(78)75-71(70-76)72(77)66-62-58-54-50-46-42-38-20-18-16-14-12-10-8-6-4-2/h62,66,71-72,76-77H,3-61,63-65,67-70H2,1-2H3,(H,75,78)/b66-62+. The first-order chi connectivity index (χ1) is 39.5. The van der Waals surface area contributed by atoms with E-state index >= 15 is 0 Å². The molecule has 476 valence electrons. The lowest BCUT2D eigenvalue weighted by atomic mass is 10.0. The molecule has 6 heteroatoms. The Morgan fingerprint density at radius 1 is 0.338 bits per heavy atom. The molecule has 80 heavy (non-hydrogen) atoms. The van der Waals surface area contributed by atoms with Crippen molar-refractivity contribution in [3.8, 4) is 0 Å². The van der Waals surface area contributed by atoms with Crippen LogP contribution in [-0.4, -0.2) is 47.4 Å². The van der Waals surface area contributed by atoms with E-state index in [4.69, 9.17) is 4.74 Å². The van der Waals surface area contributed by atoms with Crippen molar-refractivity contribution >= 4 is 11.9 Å². The summed E-state index contributed by atoms with van der Waals surface area (Å²) in [5.74, 6) is -0.0363. The Labute approximate surface area is 501 Å². The van der Waals surface area contributed by atoms with Gasteiger partial charge in [-0.3, -0.25) is 9.59 Å². The minimum absolute atomic E-state index is 0.0246. The molecule has 0 radical (unpaired) electrons. The molecular formula is C74H145NO5. The topological polar surface area (TPSA) is 95.9 Å². The first kappa shape index (κ1) is 78.6. The summed E-state index contributed by atoms with van der Waals surface area (Å²) in [5, 5.41) is 23.2. The number of ether oxygens (including phenoxy) is 1. The number of amides is 1. The number of aliphatic hydroxyl groups is 2. The Morgan fingerprint density at radius 3 is 0.850 bits per heavy atom. The van der Waals surface area contributed by atoms with Gasteiger partial charge < -0.3 is 20.3 Å². The number of esters is 1. The maximum Gasteiger partial charge on any atom is 0.305 e. The number of hydrogen-bond donors (Lipinski definition) is 3. The van der Waals surface area contributed by atoms with Crippen LogP contribution in [0.1, 0.15) is 425 Å². The largest absolute Gasteiger partial charge is 0.466 e. The van der Waals surface area contributed by atoms with E-state index in [9.17, 15) is 19.8 Å². The minimum atomic E-state index is -0.841. The number of rotatable bonds is 70. The molecule has 2 atom stereocenters. The van der Waals surface area contributed by atoms with Crippen molar-refractivity contribution in [1.29, 1.82) is 0 Å². The van der Waals surface area contributed by atoms with Crippen LogP contribution in [0.4, 0.5) is 0 Å². The van der Waals surface area contributed by atoms with E-state index in [-0.39, 0.29) is 18.5 Å². The number of carbonyl (C=O) groups excluding carboxylic acids is 2. The van der Waals surface area contributed by atoms with Crippen molar-refractivity contribution < 1.29 is 24.5 Å². The van der Waals surface area contributed by atoms with Gasteiger partial charge in [-0.15, -0.1) is 0 Å². The average molecular weight is 1130 g/mol. The zero-order chi connectivity index (χ0) is 57.8. The van der Waals surface area contributed by atoms with E-state index in [1.165, 1.54) is 360 Å². The Balaban J connectivity index is 3.33. The molecule has 0 rings (SSSR count). The normalized spacial score (nSPS) is 12.5. The van der Waals surface area contributed by atoms with E-state index in [2.05, 4.69) is 19.2 Å². The van der Waals surface area contributed by atoms with Gasteiger partial charge in [0.15, 0.2) is 0 Å². The number of carbonyl (C=O) groups is 2. The molecule has 0 heterocycles. The summed E-state index contributed by atoms with van der Waals surface area (Å²) < 4.78 is 5.52. The monoisotopic (exact) mass is 1130 g/mol. The average Bonchev–Trinajstić information content (AvgIpc) is 3.46. The third kappa shape index (κ3) is 65.7. The molecule has 0 aromatic carbocycles. The second-order valence-electron chi connectivity index (χ2n) is 25.6. The number of allylic oxidation sites excluding steroid dienone is 1. The van der Waals surface area contributed by atoms with E-state index in [0.717, 1.165) is 38.5 Å². The van der Waals surface area contributed by atoms with Gasteiger partial charge in [0, 0.05) is 12.8 Å². The molecule has 2 unspecified atom stereocenters. The van der Waals surface area contributed by atoms with Gasteiger partial charge >= 0.3 is 5.97 Å². The Bertz CT molecular complexity index is 1210. The lowest BCUT2D eigenvalue weighted by Gasteiger charge is -2.20. The number of unbranched alkanes of at least 4 members (excludes halogenated alkanes) is 59. The third-order valence-electron chi connectivity index (χ3n) is 17.6. The molecule has 3 N–H and O–H groups in total. The molecule has 0 fully saturated rings. The third-order valence-corrected chi connectivity index (χ3v) is 17.6. The van der Waals surface area contributed by atoms with Gasteiger partial charge in [0.05, 0.1) is 25.4 Å². The van der Waals surface area contributed by atoms with Crippen molar-refractivity contribution in [3.05, 3.63) is 12.2 Å². The van der Waals surface area contributed by atoms with E-state index in [1.54, 1.807) is 6.08 Å². The molecule has 0 spiro atoms. The fourth-order valence-corrected chi connectivity index (χ4v) is 11.9. The van der Waals surface area contributed by atoms with Gasteiger partial charge in [-0.1, -0.05) is 392 Å². The molecule has 0 aromatic heterocycles. The summed E-state index contributed by atoms with van der Waals surface area (Å²) in [6.07, 6.45) is 87.4. The van der Waals surface area contributed by atoms with Crippen LogP contribution in [0.25, 0.3) is 0 Å². The minimum Gasteiger partial charge on any atom is -0.466 e. The van der Waals surface area contributed by atoms with Gasteiger partial charge in [0.25, 0.3) is 0 Å². The molecule has 0 aliphatic carbocycles. The van der Waals surface area contributed by atoms with Crippen LogP contribution in [0.2, 0.25) is 0 Å². The zero-order valence-corrected chi connectivity index (χ0v) is 54.6. The van der Waals surface area contributed by atoms with Crippen molar-refractivity contribution in [3.63, 3.8) is 0 Å². The highest BCUT2D eigenvalue weighted by molar-refractivity contribution is 5.76. The van der Waals surface area contributed by atoms with Crippen LogP contribution in [-0.2, 0) is 14.3 Å². The van der Waals surface area contributed by atoms with E-state index in [0.29, 0.717) is 19.4 Å². The molecule has 1 amide bonds. The molecule has 0 aliphatic heterocycles. The molecule has 0 saturated heterocycles. The Kier molecular flexibility index (Phi) is 68.9. The predicted octanol–water partition coefficient (Wildman–Crippen LogP) is 23.9. The van der Waals surface area contributed by atoms with Crippen molar-refractivity contribution in [1.82, 2.24) is 5.32 Å². The van der Waals surface area contributed by atoms with E-state index < -0.39 is 12.1 Å². The van der Waals surface area contributed by atoms with Crippen LogP contribution in [0, 0.1) is 0 Å². The highest BCUT2D eigenvalue weighted by Crippen LogP contribution is 2.20. The summed E-state index contributed by atoms with van der Waals surface area (Å²) in [6.45, 7) is 4.96. The second kappa shape index (κ2) is 70.1. The maximum absolute atomic E-state index is 12.5. The van der Waals surface area contributed by atoms with Crippen molar-refractivity contribution in [2.24, 2.45) is 0 Å². The smallest absolute Gasteiger partial charge is 0.305 e. The molecule has 0 aliphatic rings. The summed E-state index contributed by atoms with van der Waals surface area (Å²) >= 11 is 0. The Hall–Kier alpha value is -1.40. The second-order valence-corrected chi connectivity index (χ2v) is 25.6. The summed E-state index contributed by atoms with van der Waals surface area (Å²) in [5.41, 5.74) is 0. The molecule has 0 bridgehead atoms. The predicted molar refractivity (Wildman–Crippen MR) is 352 cm³/mol. The molecule has 6 nitrogen and oxygen atoms in total. The highest BCUT2D eigenvalue weighted by Gasteiger charge is 2.18. The van der Waals surface area contributed by atoms with Crippen molar-refractivity contribution in [2.75, 3.05) is 13.2 Å². The fourth-order valence-electron chi connectivity index (χ4n) is 11.9. The molecule has 0 aromatic rings. The number of hydrogen-bond acceptors (Lipinski definition) is 5. The van der Waals surface area contributed by atoms with Gasteiger partial charge in [0.2, 0.25) is 5.91 Å². The van der Waals surface area contributed by atoms with Gasteiger partial charge in [0.1, 0.15) is 0 Å². The highest BCUT2D eigenvalue weighted by atomic mass is 16.5. The Morgan fingerprint density at radius 2 is 0.575 bits per heavy atom. The van der Waals surface area contributed by atoms with Crippen LogP contribution in [0.3, 0.4) is 0 Å². The summed E-state index contributed by atoms with van der Waals surface area (Å²) in [7, 11) is 0. The van der Waals surface area contributed by atoms with E-state index in [1.807, 2.05) is 6.08 Å². The maximum atomic E-state index is 12.5. The van der Waals surface area contributed by atoms with Crippen LogP contribution >= 0.6 is 0 Å². The first-order valence-corrected chi connectivity index (χ1v) is 37.0. The summed E-state index contributed by atoms with van der Waals surface area (Å²) in [4.78, 5) is 24.6. The zero-order valence-electron chi connectivity index (χ0n) is 54.6. The molecular weight excluding hydrogens is 983 g/mol. The number of aliphatic hydroxyl groups excluding tert-OH is 2. The fraction of sp³-hybridized carbons (Fsp3) is 0.946. The lowest BCUT2D eigenvalue weighted by molar-refractivity contribution is -0.143. The van der Waals surface area contributed by atoms with Crippen LogP contribution in [0.5, 0.6) is 0 Å². The van der Waals surface area contributed by atoms with Crippen LogP contribution in [0.15, 0.2) is 12.2 Å². The molecule has 0 saturated carbocycles. The number of nitrogens with one attached hydrogen (secondary N) is 1. The van der Waals surface area contributed by atoms with Gasteiger partial charge in [-0.05, 0) is 32.1 Å². The van der Waals surface area contributed by atoms with Gasteiger partial charge in [-0.2, -0.15) is 0 Å². The quantitative estimate of drug-likeness (QED) is 0.0320. The lowest BCUT2D eigenvalue weighted by Crippen LogP contribution is -2.45. The first-order valence-electron chi connectivity index (χ1n) is 37.0. The summed E-state index contributed by atoms with van der Waals surface area (Å²) in [6, 6.07) is -0.624. The van der Waals surface area contributed by atoms with Crippen LogP contribution < -0.4 is 5.32 Å². The van der Waals surface area contributed by atoms with Crippen molar-refractivity contribution in [2.45, 2.75) is 437 Å².